The predicted octanol–water partition coefficient (Wildman–Crippen LogP) is 1.94. The highest BCUT2D eigenvalue weighted by Crippen LogP contribution is 2.37. The number of oxime groups is 1. The minimum absolute atomic E-state index is 0.0269. The van der Waals surface area contributed by atoms with E-state index >= 15 is 4.39 Å². The van der Waals surface area contributed by atoms with E-state index in [4.69, 9.17) is 9.57 Å². The van der Waals surface area contributed by atoms with Gasteiger partial charge in [0.25, 0.3) is 0 Å². The minimum Gasteiger partial charge on any atom is -0.477 e. The normalized spacial score (nSPS) is 19.6. The molecule has 0 aromatic carbocycles. The molecule has 2 aromatic rings. The van der Waals surface area contributed by atoms with Gasteiger partial charge in [-0.15, -0.1) is 0 Å². The average Bonchev–Trinajstić information content (AvgIpc) is 3.59. The second kappa shape index (κ2) is 10.6. The number of anilines is 1. The first-order valence-corrected chi connectivity index (χ1v) is 12.0. The maximum atomic E-state index is 15.3. The Balaban J connectivity index is 1.60. The van der Waals surface area contributed by atoms with Gasteiger partial charge in [-0.2, -0.15) is 0 Å². The minimum atomic E-state index is -1.35. The molecule has 3 heterocycles. The van der Waals surface area contributed by atoms with Gasteiger partial charge in [-0.25, -0.2) is 14.2 Å². The molecule has 194 valence electrons. The average molecular weight is 504 g/mol. The molecule has 12 heteroatoms. The second-order valence-corrected chi connectivity index (χ2v) is 9.14. The Bertz CT molecular complexity index is 1260. The van der Waals surface area contributed by atoms with Crippen LogP contribution in [0.25, 0.3) is 11.0 Å². The summed E-state index contributed by atoms with van der Waals surface area (Å²) in [5, 5.41) is 16.8. The van der Waals surface area contributed by atoms with Crippen LogP contribution in [-0.4, -0.2) is 71.7 Å². The quantitative estimate of drug-likeness (QED) is 0.368. The predicted molar refractivity (Wildman–Crippen MR) is 130 cm³/mol. The van der Waals surface area contributed by atoms with Crippen molar-refractivity contribution in [3.05, 3.63) is 33.9 Å². The number of halogens is 1. The van der Waals surface area contributed by atoms with Crippen LogP contribution in [0.5, 0.6) is 0 Å². The highest BCUT2D eigenvalue weighted by atomic mass is 19.1. The third-order valence-corrected chi connectivity index (χ3v) is 6.37. The first kappa shape index (κ1) is 25.5. The summed E-state index contributed by atoms with van der Waals surface area (Å²) in [5.74, 6) is -2.43. The molecule has 2 unspecified atom stereocenters. The summed E-state index contributed by atoms with van der Waals surface area (Å²) >= 11 is 0. The van der Waals surface area contributed by atoms with Gasteiger partial charge in [0, 0.05) is 37.3 Å². The van der Waals surface area contributed by atoms with Crippen molar-refractivity contribution in [1.29, 1.82) is 0 Å². The topological polar surface area (TPSA) is 135 Å². The molecular formula is C24H30FN5O6. The summed E-state index contributed by atoms with van der Waals surface area (Å²) in [6.45, 7) is 5.09. The molecule has 2 atom stereocenters. The van der Waals surface area contributed by atoms with Crippen LogP contribution < -0.4 is 15.6 Å². The lowest BCUT2D eigenvalue weighted by atomic mass is 10.1. The molecule has 1 aliphatic carbocycles. The Kier molecular flexibility index (Phi) is 7.53. The van der Waals surface area contributed by atoms with Gasteiger partial charge in [-0.05, 0) is 32.8 Å². The van der Waals surface area contributed by atoms with Crippen LogP contribution in [0.1, 0.15) is 49.5 Å². The lowest BCUT2D eigenvalue weighted by molar-refractivity contribution is -0.143. The molecule has 2 aromatic heterocycles. The maximum absolute atomic E-state index is 15.3. The van der Waals surface area contributed by atoms with Crippen LogP contribution in [0.2, 0.25) is 0 Å². The Labute approximate surface area is 206 Å². The number of nitrogens with zero attached hydrogens (tertiary/aromatic N) is 4. The molecule has 1 aliphatic heterocycles. The second-order valence-electron chi connectivity index (χ2n) is 9.14. The number of carboxylic acid groups (broad SMARTS) is 1. The number of carboxylic acids is 1. The number of aromatic carboxylic acids is 1. The molecule has 2 fully saturated rings. The number of carbonyl (C=O) groups is 2. The van der Waals surface area contributed by atoms with Gasteiger partial charge in [-0.1, -0.05) is 5.16 Å². The van der Waals surface area contributed by atoms with E-state index < -0.39 is 22.8 Å². The largest absolute Gasteiger partial charge is 0.477 e. The number of nitrogens with one attached hydrogen (secondary N) is 1. The number of pyridine rings is 2. The summed E-state index contributed by atoms with van der Waals surface area (Å²) in [4.78, 5) is 47.2. The van der Waals surface area contributed by atoms with Crippen molar-refractivity contribution in [2.24, 2.45) is 11.1 Å². The zero-order chi connectivity index (χ0) is 26.0. The zero-order valence-electron chi connectivity index (χ0n) is 20.5. The van der Waals surface area contributed by atoms with Crippen LogP contribution in [0.4, 0.5) is 10.2 Å². The van der Waals surface area contributed by atoms with Crippen molar-refractivity contribution in [3.63, 3.8) is 0 Å². The Morgan fingerprint density at radius 1 is 1.39 bits per heavy atom. The first-order valence-electron chi connectivity index (χ1n) is 12.0. The molecule has 1 saturated heterocycles. The number of carbonyl (C=O) groups excluding carboxylic acids is 1. The van der Waals surface area contributed by atoms with E-state index in [1.54, 1.807) is 16.4 Å². The summed E-state index contributed by atoms with van der Waals surface area (Å²) in [5.41, 5.74) is -0.204. The van der Waals surface area contributed by atoms with Gasteiger partial charge in [-0.3, -0.25) is 9.59 Å². The molecule has 4 rings (SSSR count). The van der Waals surface area contributed by atoms with Crippen LogP contribution in [0.3, 0.4) is 0 Å². The number of hydrogen-bond donors (Lipinski definition) is 2. The van der Waals surface area contributed by atoms with E-state index in [1.807, 2.05) is 6.92 Å². The third-order valence-electron chi connectivity index (χ3n) is 6.37. The van der Waals surface area contributed by atoms with E-state index in [0.717, 1.165) is 18.9 Å². The van der Waals surface area contributed by atoms with Crippen LogP contribution in [-0.2, 0) is 14.4 Å². The molecule has 0 amide bonds. The Hall–Kier alpha value is -3.54. The molecule has 36 heavy (non-hydrogen) atoms. The Morgan fingerprint density at radius 2 is 2.14 bits per heavy atom. The molecule has 11 nitrogen and oxygen atoms in total. The lowest BCUT2D eigenvalue weighted by Gasteiger charge is -2.20. The summed E-state index contributed by atoms with van der Waals surface area (Å²) in [7, 11) is 1.44. The van der Waals surface area contributed by atoms with E-state index in [9.17, 15) is 19.5 Å². The van der Waals surface area contributed by atoms with Gasteiger partial charge in [0.2, 0.25) is 5.43 Å². The molecular weight excluding hydrogens is 473 g/mol. The smallest absolute Gasteiger partial charge is 0.341 e. The third kappa shape index (κ3) is 5.32. The fraction of sp³-hybridized carbons (Fsp3) is 0.542. The zero-order valence-corrected chi connectivity index (χ0v) is 20.5. The van der Waals surface area contributed by atoms with Crippen LogP contribution in [0.15, 0.2) is 22.2 Å². The standard InChI is InChI=1S/C24H30FN5O6/c1-4-36-20(31)7-13(2)26-9-14-10-29(12-19(14)28-35-3)23-18(25)8-16-21(32)17(24(33)34)11-30(15-5-6-15)22(16)27-23/h8,11,13-15,26H,4-7,9-10,12H2,1-3H3,(H,33,34)/b28-19+. The fourth-order valence-corrected chi connectivity index (χ4v) is 4.45. The van der Waals surface area contributed by atoms with Crippen molar-refractivity contribution >= 4 is 34.5 Å². The van der Waals surface area contributed by atoms with Crippen molar-refractivity contribution in [1.82, 2.24) is 14.9 Å². The monoisotopic (exact) mass is 503 g/mol. The molecule has 2 aliphatic rings. The van der Waals surface area contributed by atoms with Gasteiger partial charge in [0.05, 0.1) is 30.7 Å². The van der Waals surface area contributed by atoms with E-state index in [-0.39, 0.29) is 53.8 Å². The number of esters is 1. The SMILES string of the molecule is CCOC(=O)CC(C)NCC1CN(c2nc3c(cc2F)c(=O)c(C(=O)O)cn3C2CC2)C/C1=N\OC. The molecule has 0 bridgehead atoms. The van der Waals surface area contributed by atoms with Crippen molar-refractivity contribution < 1.29 is 28.7 Å². The van der Waals surface area contributed by atoms with Crippen LogP contribution >= 0.6 is 0 Å². The number of rotatable bonds is 10. The molecule has 1 saturated carbocycles. The van der Waals surface area contributed by atoms with Gasteiger partial charge in [0.15, 0.2) is 11.6 Å². The van der Waals surface area contributed by atoms with Crippen molar-refractivity contribution in [2.75, 3.05) is 38.3 Å². The lowest BCUT2D eigenvalue weighted by Crippen LogP contribution is -2.36. The molecule has 0 spiro atoms. The van der Waals surface area contributed by atoms with Crippen molar-refractivity contribution in [3.8, 4) is 0 Å². The number of ether oxygens (including phenoxy) is 1. The summed E-state index contributed by atoms with van der Waals surface area (Å²) < 4.78 is 21.9. The van der Waals surface area contributed by atoms with Gasteiger partial charge >= 0.3 is 11.9 Å². The first-order chi connectivity index (χ1) is 17.2. The highest BCUT2D eigenvalue weighted by Gasteiger charge is 2.34. The maximum Gasteiger partial charge on any atom is 0.341 e. The number of aromatic nitrogens is 2. The van der Waals surface area contributed by atoms with E-state index in [2.05, 4.69) is 15.5 Å². The van der Waals surface area contributed by atoms with E-state index in [0.29, 0.717) is 25.4 Å². The van der Waals surface area contributed by atoms with Crippen LogP contribution in [0, 0.1) is 11.7 Å². The molecule has 2 N–H and O–H groups in total. The van der Waals surface area contributed by atoms with E-state index in [1.165, 1.54) is 13.3 Å². The molecule has 0 radical (unpaired) electrons. The van der Waals surface area contributed by atoms with Gasteiger partial charge < -0.3 is 29.5 Å². The van der Waals surface area contributed by atoms with Crippen molar-refractivity contribution in [2.45, 2.75) is 45.2 Å². The summed E-state index contributed by atoms with van der Waals surface area (Å²) in [6.07, 6.45) is 3.19. The fourth-order valence-electron chi connectivity index (χ4n) is 4.45. The number of hydrogen-bond acceptors (Lipinski definition) is 9. The highest BCUT2D eigenvalue weighted by molar-refractivity contribution is 5.95. The number of fused-ring (bicyclic) bond motifs is 1. The Morgan fingerprint density at radius 3 is 2.78 bits per heavy atom. The van der Waals surface area contributed by atoms with Gasteiger partial charge in [0.1, 0.15) is 18.3 Å². The summed E-state index contributed by atoms with van der Waals surface area (Å²) in [6, 6.07) is 0.971.